The number of nitrogens with zero attached hydrogens (tertiary/aromatic N) is 1. The van der Waals surface area contributed by atoms with E-state index >= 15 is 0 Å². The van der Waals surface area contributed by atoms with Crippen molar-refractivity contribution < 1.29 is 14.4 Å². The van der Waals surface area contributed by atoms with Crippen molar-refractivity contribution in [3.63, 3.8) is 0 Å². The summed E-state index contributed by atoms with van der Waals surface area (Å²) in [5, 5.41) is 4.75. The quantitative estimate of drug-likeness (QED) is 0.596. The van der Waals surface area contributed by atoms with Gasteiger partial charge in [0, 0.05) is 26.2 Å². The van der Waals surface area contributed by atoms with E-state index in [9.17, 15) is 4.79 Å². The van der Waals surface area contributed by atoms with Crippen LogP contribution in [0.5, 0.6) is 0 Å². The van der Waals surface area contributed by atoms with E-state index in [-0.39, 0.29) is 0 Å². The number of carbonyl (C=O) groups is 1. The zero-order chi connectivity index (χ0) is 8.81. The van der Waals surface area contributed by atoms with E-state index in [1.54, 1.807) is 12.0 Å². The lowest BCUT2D eigenvalue weighted by atomic mass is 10.4. The minimum absolute atomic E-state index is 0.352. The van der Waals surface area contributed by atoms with Gasteiger partial charge in [-0.3, -0.25) is 0 Å². The maximum absolute atomic E-state index is 10.8. The smallest absolute Gasteiger partial charge is 0.433 e. The molecule has 0 aromatic carbocycles. The normalized spacial score (nSPS) is 18.8. The second kappa shape index (κ2) is 4.95. The Hall–Kier alpha value is -0.810. The van der Waals surface area contributed by atoms with Crippen LogP contribution in [-0.2, 0) is 9.57 Å². The number of rotatable bonds is 2. The summed E-state index contributed by atoms with van der Waals surface area (Å²) in [5.41, 5.74) is 0. The molecule has 1 aliphatic rings. The van der Waals surface area contributed by atoms with Crippen LogP contribution in [0.15, 0.2) is 0 Å². The molecule has 5 nitrogen and oxygen atoms in total. The number of hydrogen-bond donors (Lipinski definition) is 1. The highest BCUT2D eigenvalue weighted by atomic mass is 16.8. The van der Waals surface area contributed by atoms with Crippen LogP contribution < -0.4 is 5.32 Å². The van der Waals surface area contributed by atoms with Crippen LogP contribution in [0.25, 0.3) is 0 Å². The third-order valence-corrected chi connectivity index (χ3v) is 1.54. The molecule has 1 fully saturated rings. The molecule has 0 aliphatic carbocycles. The maximum Gasteiger partial charge on any atom is 0.527 e. The average Bonchev–Trinajstić information content (AvgIpc) is 2.06. The second-order valence-electron chi connectivity index (χ2n) is 2.45. The highest BCUT2D eigenvalue weighted by Crippen LogP contribution is 1.95. The molecule has 1 aliphatic heterocycles. The predicted molar refractivity (Wildman–Crippen MR) is 42.5 cm³/mol. The number of hydrogen-bond acceptors (Lipinski definition) is 5. The molecule has 5 heteroatoms. The number of hydroxylamine groups is 2. The summed E-state index contributed by atoms with van der Waals surface area (Å²) in [6, 6.07) is 0. The molecule has 70 valence electrons. The highest BCUT2D eigenvalue weighted by molar-refractivity contribution is 5.59. The monoisotopic (exact) mass is 174 g/mol. The summed E-state index contributed by atoms with van der Waals surface area (Å²) in [6.07, 6.45) is -0.612. The van der Waals surface area contributed by atoms with Gasteiger partial charge in [0.25, 0.3) is 0 Å². The molecule has 0 amide bonds. The first kappa shape index (κ1) is 9.28. The van der Waals surface area contributed by atoms with Gasteiger partial charge in [-0.15, -0.1) is 5.06 Å². The fourth-order valence-corrected chi connectivity index (χ4v) is 0.985. The van der Waals surface area contributed by atoms with Crippen molar-refractivity contribution >= 4 is 6.16 Å². The van der Waals surface area contributed by atoms with Crippen molar-refractivity contribution in [2.45, 2.75) is 6.92 Å². The maximum atomic E-state index is 10.8. The number of piperazine rings is 1. The van der Waals surface area contributed by atoms with Crippen molar-refractivity contribution in [2.24, 2.45) is 0 Å². The molecule has 1 N–H and O–H groups in total. The Morgan fingerprint density at radius 1 is 1.50 bits per heavy atom. The fraction of sp³-hybridized carbons (Fsp3) is 0.857. The molecule has 12 heavy (non-hydrogen) atoms. The Bertz CT molecular complexity index is 146. The lowest BCUT2D eigenvalue weighted by molar-refractivity contribution is -0.132. The van der Waals surface area contributed by atoms with Crippen LogP contribution in [-0.4, -0.2) is 44.0 Å². The molecular formula is C7H14N2O3. The van der Waals surface area contributed by atoms with E-state index in [1.165, 1.54) is 0 Å². The van der Waals surface area contributed by atoms with Crippen molar-refractivity contribution in [2.75, 3.05) is 32.8 Å². The summed E-state index contributed by atoms with van der Waals surface area (Å²) in [6.45, 7) is 5.24. The lowest BCUT2D eigenvalue weighted by Gasteiger charge is -2.24. The molecule has 0 spiro atoms. The first-order valence-electron chi connectivity index (χ1n) is 4.13. The zero-order valence-corrected chi connectivity index (χ0v) is 7.21. The third-order valence-electron chi connectivity index (χ3n) is 1.54. The first-order chi connectivity index (χ1) is 5.83. The van der Waals surface area contributed by atoms with Gasteiger partial charge in [0.15, 0.2) is 0 Å². The third kappa shape index (κ3) is 3.06. The molecule has 0 radical (unpaired) electrons. The minimum atomic E-state index is -0.612. The van der Waals surface area contributed by atoms with Gasteiger partial charge in [-0.2, -0.15) is 0 Å². The molecule has 1 heterocycles. The molecule has 0 saturated carbocycles. The van der Waals surface area contributed by atoms with E-state index < -0.39 is 6.16 Å². The molecule has 1 rings (SSSR count). The average molecular weight is 174 g/mol. The zero-order valence-electron chi connectivity index (χ0n) is 7.21. The summed E-state index contributed by atoms with van der Waals surface area (Å²) in [7, 11) is 0. The molecule has 0 aromatic rings. The number of nitrogens with one attached hydrogen (secondary N) is 1. The standard InChI is InChI=1S/C7H14N2O3/c1-2-11-7(10)12-9-5-3-8-4-6-9/h8H,2-6H2,1H3. The van der Waals surface area contributed by atoms with Crippen LogP contribution in [0.3, 0.4) is 0 Å². The predicted octanol–water partition coefficient (Wildman–Crippen LogP) is -0.0203. The highest BCUT2D eigenvalue weighted by Gasteiger charge is 2.14. The molecular weight excluding hydrogens is 160 g/mol. The Morgan fingerprint density at radius 2 is 2.17 bits per heavy atom. The van der Waals surface area contributed by atoms with Gasteiger partial charge >= 0.3 is 6.16 Å². The van der Waals surface area contributed by atoms with Crippen molar-refractivity contribution in [3.05, 3.63) is 0 Å². The second-order valence-corrected chi connectivity index (χ2v) is 2.45. The Morgan fingerprint density at radius 3 is 2.75 bits per heavy atom. The number of ether oxygens (including phenoxy) is 1. The molecule has 0 atom stereocenters. The largest absolute Gasteiger partial charge is 0.527 e. The minimum Gasteiger partial charge on any atom is -0.433 e. The van der Waals surface area contributed by atoms with Crippen LogP contribution in [0.1, 0.15) is 6.92 Å². The Labute approximate surface area is 71.6 Å². The van der Waals surface area contributed by atoms with Crippen LogP contribution in [0, 0.1) is 0 Å². The van der Waals surface area contributed by atoms with Gasteiger partial charge in [0.05, 0.1) is 6.61 Å². The van der Waals surface area contributed by atoms with E-state index in [4.69, 9.17) is 4.84 Å². The fourth-order valence-electron chi connectivity index (χ4n) is 0.985. The van der Waals surface area contributed by atoms with Crippen LogP contribution in [0.4, 0.5) is 4.79 Å². The SMILES string of the molecule is CCOC(=O)ON1CCNCC1. The van der Waals surface area contributed by atoms with Crippen molar-refractivity contribution in [1.82, 2.24) is 10.4 Å². The summed E-state index contributed by atoms with van der Waals surface area (Å²) in [5.74, 6) is 0. The van der Waals surface area contributed by atoms with E-state index in [1.807, 2.05) is 0 Å². The van der Waals surface area contributed by atoms with Gasteiger partial charge in [-0.05, 0) is 6.92 Å². The topological polar surface area (TPSA) is 50.8 Å². The van der Waals surface area contributed by atoms with Crippen LogP contribution in [0.2, 0.25) is 0 Å². The van der Waals surface area contributed by atoms with Gasteiger partial charge in [0.1, 0.15) is 0 Å². The summed E-state index contributed by atoms with van der Waals surface area (Å²) >= 11 is 0. The van der Waals surface area contributed by atoms with E-state index in [0.29, 0.717) is 6.61 Å². The summed E-state index contributed by atoms with van der Waals surface area (Å²) in [4.78, 5) is 15.7. The number of carbonyl (C=O) groups excluding carboxylic acids is 1. The van der Waals surface area contributed by atoms with Gasteiger partial charge in [0.2, 0.25) is 0 Å². The molecule has 0 bridgehead atoms. The van der Waals surface area contributed by atoms with Crippen molar-refractivity contribution in [1.29, 1.82) is 0 Å². The van der Waals surface area contributed by atoms with Gasteiger partial charge in [-0.25, -0.2) is 4.79 Å². The lowest BCUT2D eigenvalue weighted by Crippen LogP contribution is -2.44. The Kier molecular flexibility index (Phi) is 3.83. The molecule has 1 saturated heterocycles. The van der Waals surface area contributed by atoms with Crippen molar-refractivity contribution in [3.8, 4) is 0 Å². The van der Waals surface area contributed by atoms with Crippen LogP contribution >= 0.6 is 0 Å². The molecule has 0 unspecified atom stereocenters. The van der Waals surface area contributed by atoms with E-state index in [2.05, 4.69) is 10.1 Å². The first-order valence-corrected chi connectivity index (χ1v) is 4.13. The van der Waals surface area contributed by atoms with Gasteiger partial charge < -0.3 is 14.9 Å². The summed E-state index contributed by atoms with van der Waals surface area (Å²) < 4.78 is 4.62. The molecule has 0 aromatic heterocycles. The van der Waals surface area contributed by atoms with E-state index in [0.717, 1.165) is 26.2 Å². The Balaban J connectivity index is 2.15. The van der Waals surface area contributed by atoms with Gasteiger partial charge in [-0.1, -0.05) is 0 Å².